The zero-order valence-corrected chi connectivity index (χ0v) is 13.3. The third kappa shape index (κ3) is 2.73. The molecule has 1 atom stereocenters. The summed E-state index contributed by atoms with van der Waals surface area (Å²) in [4.78, 5) is 23.4. The van der Waals surface area contributed by atoms with E-state index >= 15 is 0 Å². The number of likely N-dealkylation sites (tertiary alicyclic amines) is 1. The van der Waals surface area contributed by atoms with Crippen molar-refractivity contribution in [3.05, 3.63) is 40.7 Å². The first-order valence-corrected chi connectivity index (χ1v) is 7.64. The molecule has 1 fully saturated rings. The first-order valence-electron chi connectivity index (χ1n) is 7.64. The predicted octanol–water partition coefficient (Wildman–Crippen LogP) is 2.03. The minimum Gasteiger partial charge on any atom is -0.334 e. The van der Waals surface area contributed by atoms with Crippen molar-refractivity contribution in [1.82, 2.24) is 25.1 Å². The molecule has 0 saturated carbocycles. The van der Waals surface area contributed by atoms with Gasteiger partial charge in [-0.3, -0.25) is 19.9 Å². The summed E-state index contributed by atoms with van der Waals surface area (Å²) < 4.78 is 0. The molecule has 1 saturated heterocycles. The Balaban J connectivity index is 1.80. The fraction of sp³-hybridized carbons (Fsp3) is 0.500. The molecule has 3 rings (SSSR count). The van der Waals surface area contributed by atoms with Crippen molar-refractivity contribution in [2.24, 2.45) is 0 Å². The van der Waals surface area contributed by atoms with Gasteiger partial charge in [-0.1, -0.05) is 0 Å². The van der Waals surface area contributed by atoms with Gasteiger partial charge in [-0.15, -0.1) is 0 Å². The molecular formula is C16H21N5O. The van der Waals surface area contributed by atoms with E-state index in [0.717, 1.165) is 47.7 Å². The number of nitrogens with one attached hydrogen (secondary N) is 1. The minimum atomic E-state index is 0.0485. The van der Waals surface area contributed by atoms with Crippen LogP contribution in [0.3, 0.4) is 0 Å². The van der Waals surface area contributed by atoms with Crippen LogP contribution in [0.2, 0.25) is 0 Å². The van der Waals surface area contributed by atoms with Crippen LogP contribution in [0.4, 0.5) is 0 Å². The highest BCUT2D eigenvalue weighted by molar-refractivity contribution is 5.80. The van der Waals surface area contributed by atoms with Gasteiger partial charge in [0.2, 0.25) is 5.91 Å². The van der Waals surface area contributed by atoms with Crippen molar-refractivity contribution in [2.45, 2.75) is 46.1 Å². The van der Waals surface area contributed by atoms with Crippen molar-refractivity contribution in [3.8, 4) is 0 Å². The van der Waals surface area contributed by atoms with Gasteiger partial charge in [-0.25, -0.2) is 0 Å². The summed E-state index contributed by atoms with van der Waals surface area (Å²) in [6.45, 7) is 6.60. The molecule has 0 aromatic carbocycles. The van der Waals surface area contributed by atoms with Gasteiger partial charge in [-0.05, 0) is 33.6 Å². The maximum atomic E-state index is 12.7. The van der Waals surface area contributed by atoms with Gasteiger partial charge in [0.1, 0.15) is 0 Å². The van der Waals surface area contributed by atoms with Gasteiger partial charge < -0.3 is 4.90 Å². The number of rotatable bonds is 3. The van der Waals surface area contributed by atoms with E-state index in [0.29, 0.717) is 6.42 Å². The third-order valence-electron chi connectivity index (χ3n) is 4.30. The quantitative estimate of drug-likeness (QED) is 0.941. The zero-order chi connectivity index (χ0) is 15.7. The molecule has 0 bridgehead atoms. The maximum absolute atomic E-state index is 12.7. The smallest absolute Gasteiger partial charge is 0.227 e. The first kappa shape index (κ1) is 14.7. The first-order chi connectivity index (χ1) is 10.6. The summed E-state index contributed by atoms with van der Waals surface area (Å²) in [5.41, 5.74) is 4.66. The fourth-order valence-corrected chi connectivity index (χ4v) is 3.10. The summed E-state index contributed by atoms with van der Waals surface area (Å²) >= 11 is 0. The molecule has 2 aromatic heterocycles. The van der Waals surface area contributed by atoms with Crippen LogP contribution in [0.5, 0.6) is 0 Å². The van der Waals surface area contributed by atoms with E-state index in [1.165, 1.54) is 0 Å². The molecule has 116 valence electrons. The maximum Gasteiger partial charge on any atom is 0.227 e. The van der Waals surface area contributed by atoms with Gasteiger partial charge in [0.15, 0.2) is 0 Å². The molecule has 22 heavy (non-hydrogen) atoms. The van der Waals surface area contributed by atoms with Gasteiger partial charge >= 0.3 is 0 Å². The van der Waals surface area contributed by atoms with Crippen LogP contribution in [0.15, 0.2) is 12.4 Å². The van der Waals surface area contributed by atoms with Crippen LogP contribution in [-0.2, 0) is 11.2 Å². The molecule has 1 N–H and O–H groups in total. The average molecular weight is 299 g/mol. The lowest BCUT2D eigenvalue weighted by Crippen LogP contribution is -2.32. The molecule has 6 nitrogen and oxygen atoms in total. The lowest BCUT2D eigenvalue weighted by Gasteiger charge is -2.24. The van der Waals surface area contributed by atoms with Crippen molar-refractivity contribution in [1.29, 1.82) is 0 Å². The average Bonchev–Trinajstić information content (AvgIpc) is 3.09. The van der Waals surface area contributed by atoms with E-state index in [-0.39, 0.29) is 11.9 Å². The molecule has 1 aliphatic rings. The number of aromatic nitrogens is 4. The largest absolute Gasteiger partial charge is 0.334 e. The number of aromatic amines is 1. The topological polar surface area (TPSA) is 74.8 Å². The number of hydrogen-bond donors (Lipinski definition) is 1. The molecule has 6 heteroatoms. The molecular weight excluding hydrogens is 278 g/mol. The number of carbonyl (C=O) groups excluding carboxylic acids is 1. The molecule has 2 aromatic rings. The number of amides is 1. The van der Waals surface area contributed by atoms with Crippen LogP contribution in [-0.4, -0.2) is 37.5 Å². The van der Waals surface area contributed by atoms with Crippen molar-refractivity contribution < 1.29 is 4.79 Å². The highest BCUT2D eigenvalue weighted by Crippen LogP contribution is 2.31. The second-order valence-corrected chi connectivity index (χ2v) is 5.92. The number of aryl methyl sites for hydroxylation is 3. The SMILES string of the molecule is Cc1cncc(C2CCCN2C(=O)Cc2c(C)n[nH]c2C)n1. The fourth-order valence-electron chi connectivity index (χ4n) is 3.10. The third-order valence-corrected chi connectivity index (χ3v) is 4.30. The van der Waals surface area contributed by atoms with Crippen molar-refractivity contribution in [2.75, 3.05) is 6.54 Å². The summed E-state index contributed by atoms with van der Waals surface area (Å²) in [6, 6.07) is 0.0485. The Morgan fingerprint density at radius 1 is 1.36 bits per heavy atom. The second-order valence-electron chi connectivity index (χ2n) is 5.92. The van der Waals surface area contributed by atoms with E-state index < -0.39 is 0 Å². The minimum absolute atomic E-state index is 0.0485. The Hall–Kier alpha value is -2.24. The number of carbonyl (C=O) groups is 1. The summed E-state index contributed by atoms with van der Waals surface area (Å²) in [7, 11) is 0. The lowest BCUT2D eigenvalue weighted by atomic mass is 10.1. The zero-order valence-electron chi connectivity index (χ0n) is 13.3. The summed E-state index contributed by atoms with van der Waals surface area (Å²) in [6.07, 6.45) is 5.87. The van der Waals surface area contributed by atoms with Gasteiger partial charge in [0, 0.05) is 24.0 Å². The molecule has 1 aliphatic heterocycles. The predicted molar refractivity (Wildman–Crippen MR) is 82.2 cm³/mol. The van der Waals surface area contributed by atoms with Crippen LogP contribution in [0.1, 0.15) is 47.2 Å². The van der Waals surface area contributed by atoms with Gasteiger partial charge in [0.25, 0.3) is 0 Å². The molecule has 0 radical (unpaired) electrons. The molecule has 1 amide bonds. The Morgan fingerprint density at radius 2 is 2.18 bits per heavy atom. The Bertz CT molecular complexity index is 674. The summed E-state index contributed by atoms with van der Waals surface area (Å²) in [5.74, 6) is 0.137. The molecule has 1 unspecified atom stereocenters. The monoisotopic (exact) mass is 299 g/mol. The van der Waals surface area contributed by atoms with Crippen molar-refractivity contribution in [3.63, 3.8) is 0 Å². The van der Waals surface area contributed by atoms with E-state index in [4.69, 9.17) is 0 Å². The van der Waals surface area contributed by atoms with E-state index in [1.54, 1.807) is 12.4 Å². The van der Waals surface area contributed by atoms with Crippen molar-refractivity contribution >= 4 is 5.91 Å². The van der Waals surface area contributed by atoms with E-state index in [1.807, 2.05) is 25.7 Å². The Morgan fingerprint density at radius 3 is 2.86 bits per heavy atom. The highest BCUT2D eigenvalue weighted by atomic mass is 16.2. The van der Waals surface area contributed by atoms with Crippen LogP contribution in [0.25, 0.3) is 0 Å². The molecule has 0 spiro atoms. The van der Waals surface area contributed by atoms with E-state index in [9.17, 15) is 4.79 Å². The number of hydrogen-bond acceptors (Lipinski definition) is 4. The van der Waals surface area contributed by atoms with Gasteiger partial charge in [0.05, 0.1) is 35.7 Å². The number of nitrogens with zero attached hydrogens (tertiary/aromatic N) is 4. The highest BCUT2D eigenvalue weighted by Gasteiger charge is 2.31. The van der Waals surface area contributed by atoms with Crippen LogP contribution < -0.4 is 0 Å². The Kier molecular flexibility index (Phi) is 3.92. The lowest BCUT2D eigenvalue weighted by molar-refractivity contribution is -0.131. The normalized spacial score (nSPS) is 18.0. The standard InChI is InChI=1S/C16H21N5O/c1-10-8-17-9-14(18-10)15-5-4-6-21(15)16(22)7-13-11(2)19-20-12(13)3/h8-9,15H,4-7H2,1-3H3,(H,19,20). The number of H-pyrrole nitrogens is 1. The van der Waals surface area contributed by atoms with Crippen LogP contribution >= 0.6 is 0 Å². The van der Waals surface area contributed by atoms with Gasteiger partial charge in [-0.2, -0.15) is 5.10 Å². The summed E-state index contributed by atoms with van der Waals surface area (Å²) in [5, 5.41) is 7.11. The molecule has 3 heterocycles. The van der Waals surface area contributed by atoms with E-state index in [2.05, 4.69) is 20.2 Å². The second kappa shape index (κ2) is 5.87. The molecule has 0 aliphatic carbocycles. The van der Waals surface area contributed by atoms with Crippen LogP contribution in [0, 0.1) is 20.8 Å². The Labute approximate surface area is 130 Å².